The quantitative estimate of drug-likeness (QED) is 0.721. The molecule has 0 radical (unpaired) electrons. The zero-order valence-electron chi connectivity index (χ0n) is 10.0. The molecule has 0 fully saturated rings. The fourth-order valence-electron chi connectivity index (χ4n) is 1.37. The van der Waals surface area contributed by atoms with Crippen LogP contribution in [0.25, 0.3) is 5.70 Å². The molecule has 0 bridgehead atoms. The van der Waals surface area contributed by atoms with Crippen LogP contribution in [0, 0.1) is 5.92 Å². The molecule has 1 aromatic rings. The predicted molar refractivity (Wildman–Crippen MR) is 67.0 cm³/mol. The third kappa shape index (κ3) is 3.08. The molecule has 1 heterocycles. The van der Waals surface area contributed by atoms with Crippen LogP contribution in [0.4, 0.5) is 0 Å². The lowest BCUT2D eigenvalue weighted by atomic mass is 10.0. The van der Waals surface area contributed by atoms with Gasteiger partial charge in [0.05, 0.1) is 11.4 Å². The van der Waals surface area contributed by atoms with Crippen LogP contribution >= 0.6 is 0 Å². The summed E-state index contributed by atoms with van der Waals surface area (Å²) in [5.74, 6) is 0.551. The second kappa shape index (κ2) is 5.54. The van der Waals surface area contributed by atoms with E-state index in [0.717, 1.165) is 17.8 Å². The number of aliphatic imine (C=N–C) groups is 1. The molecular formula is C13H20N2. The Labute approximate surface area is 92.1 Å². The van der Waals surface area contributed by atoms with E-state index < -0.39 is 0 Å². The maximum atomic E-state index is 4.65. The molecular weight excluding hydrogens is 184 g/mol. The van der Waals surface area contributed by atoms with E-state index in [-0.39, 0.29) is 0 Å². The van der Waals surface area contributed by atoms with Crippen molar-refractivity contribution in [2.24, 2.45) is 10.9 Å². The molecule has 2 heteroatoms. The van der Waals surface area contributed by atoms with Crippen LogP contribution in [0.5, 0.6) is 0 Å². The summed E-state index contributed by atoms with van der Waals surface area (Å²) in [6.07, 6.45) is 5.10. The molecule has 1 atom stereocenters. The van der Waals surface area contributed by atoms with Gasteiger partial charge in [-0.25, -0.2) is 0 Å². The number of aromatic nitrogens is 1. The van der Waals surface area contributed by atoms with Crippen molar-refractivity contribution >= 4 is 11.4 Å². The van der Waals surface area contributed by atoms with Gasteiger partial charge in [-0.05, 0) is 38.3 Å². The number of hydrogen-bond donors (Lipinski definition) is 1. The second-order valence-electron chi connectivity index (χ2n) is 3.82. The SMILES string of the molecule is CC=C(N=C(C)C(C)CC)c1ccc[nH]1. The van der Waals surface area contributed by atoms with E-state index >= 15 is 0 Å². The number of allylic oxidation sites excluding steroid dienone is 1. The van der Waals surface area contributed by atoms with Gasteiger partial charge in [-0.2, -0.15) is 0 Å². The molecule has 0 amide bonds. The lowest BCUT2D eigenvalue weighted by molar-refractivity contribution is 0.736. The van der Waals surface area contributed by atoms with E-state index in [1.807, 2.05) is 31.3 Å². The molecule has 2 nitrogen and oxygen atoms in total. The number of nitrogens with zero attached hydrogens (tertiary/aromatic N) is 1. The normalized spacial score (nSPS) is 15.5. The van der Waals surface area contributed by atoms with Gasteiger partial charge < -0.3 is 4.98 Å². The number of nitrogens with one attached hydrogen (secondary N) is 1. The van der Waals surface area contributed by atoms with Crippen molar-refractivity contribution in [2.75, 3.05) is 0 Å². The van der Waals surface area contributed by atoms with Gasteiger partial charge in [-0.3, -0.25) is 4.99 Å². The minimum Gasteiger partial charge on any atom is -0.360 e. The highest BCUT2D eigenvalue weighted by atomic mass is 14.8. The van der Waals surface area contributed by atoms with Crippen LogP contribution in [0.3, 0.4) is 0 Å². The van der Waals surface area contributed by atoms with Crippen LogP contribution in [-0.4, -0.2) is 10.7 Å². The molecule has 0 aliphatic heterocycles. The molecule has 0 spiro atoms. The van der Waals surface area contributed by atoms with Crippen molar-refractivity contribution in [3.63, 3.8) is 0 Å². The summed E-state index contributed by atoms with van der Waals surface area (Å²) in [6.45, 7) is 8.51. The smallest absolute Gasteiger partial charge is 0.0821 e. The van der Waals surface area contributed by atoms with Crippen molar-refractivity contribution in [1.29, 1.82) is 0 Å². The molecule has 0 aliphatic carbocycles. The lowest BCUT2D eigenvalue weighted by Crippen LogP contribution is -2.05. The maximum Gasteiger partial charge on any atom is 0.0821 e. The number of H-pyrrole nitrogens is 1. The summed E-state index contributed by atoms with van der Waals surface area (Å²) in [5.41, 5.74) is 3.30. The first-order chi connectivity index (χ1) is 7.19. The Morgan fingerprint density at radius 1 is 1.60 bits per heavy atom. The largest absolute Gasteiger partial charge is 0.360 e. The highest BCUT2D eigenvalue weighted by molar-refractivity contribution is 5.89. The summed E-state index contributed by atoms with van der Waals surface area (Å²) in [4.78, 5) is 7.83. The summed E-state index contributed by atoms with van der Waals surface area (Å²) < 4.78 is 0. The molecule has 1 aromatic heterocycles. The molecule has 0 aromatic carbocycles. The van der Waals surface area contributed by atoms with E-state index in [4.69, 9.17) is 0 Å². The van der Waals surface area contributed by atoms with Crippen molar-refractivity contribution in [3.05, 3.63) is 30.1 Å². The first-order valence-electron chi connectivity index (χ1n) is 5.54. The van der Waals surface area contributed by atoms with Crippen molar-refractivity contribution in [3.8, 4) is 0 Å². The van der Waals surface area contributed by atoms with E-state index in [1.165, 1.54) is 5.71 Å². The van der Waals surface area contributed by atoms with Gasteiger partial charge in [0, 0.05) is 11.9 Å². The summed E-state index contributed by atoms with van der Waals surface area (Å²) in [7, 11) is 0. The van der Waals surface area contributed by atoms with Gasteiger partial charge in [0.25, 0.3) is 0 Å². The van der Waals surface area contributed by atoms with Gasteiger partial charge in [-0.1, -0.05) is 19.9 Å². The van der Waals surface area contributed by atoms with E-state index in [9.17, 15) is 0 Å². The van der Waals surface area contributed by atoms with Crippen molar-refractivity contribution in [2.45, 2.75) is 34.1 Å². The van der Waals surface area contributed by atoms with E-state index in [2.05, 4.69) is 30.7 Å². The topological polar surface area (TPSA) is 28.1 Å². The number of rotatable bonds is 4. The molecule has 0 saturated heterocycles. The summed E-state index contributed by atoms with van der Waals surface area (Å²) in [6, 6.07) is 4.04. The summed E-state index contributed by atoms with van der Waals surface area (Å²) in [5, 5.41) is 0. The number of aromatic amines is 1. The molecule has 1 rings (SSSR count). The Hall–Kier alpha value is -1.31. The number of hydrogen-bond acceptors (Lipinski definition) is 1. The van der Waals surface area contributed by atoms with Gasteiger partial charge in [0.15, 0.2) is 0 Å². The molecule has 1 unspecified atom stereocenters. The van der Waals surface area contributed by atoms with Gasteiger partial charge in [0.1, 0.15) is 0 Å². The van der Waals surface area contributed by atoms with Crippen molar-refractivity contribution in [1.82, 2.24) is 4.98 Å². The minimum absolute atomic E-state index is 0.551. The zero-order chi connectivity index (χ0) is 11.3. The Morgan fingerprint density at radius 3 is 2.80 bits per heavy atom. The van der Waals surface area contributed by atoms with Crippen molar-refractivity contribution < 1.29 is 0 Å². The Balaban J connectivity index is 2.88. The average molecular weight is 204 g/mol. The predicted octanol–water partition coefficient (Wildman–Crippen LogP) is 3.88. The molecule has 0 aliphatic rings. The van der Waals surface area contributed by atoms with Gasteiger partial charge in [0.2, 0.25) is 0 Å². The Kier molecular flexibility index (Phi) is 4.35. The fraction of sp³-hybridized carbons (Fsp3) is 0.462. The lowest BCUT2D eigenvalue weighted by Gasteiger charge is -2.08. The van der Waals surface area contributed by atoms with E-state index in [1.54, 1.807) is 0 Å². The Bertz CT molecular complexity index is 345. The Morgan fingerprint density at radius 2 is 2.33 bits per heavy atom. The highest BCUT2D eigenvalue weighted by Gasteiger charge is 2.05. The van der Waals surface area contributed by atoms with Gasteiger partial charge in [-0.15, -0.1) is 0 Å². The molecule has 15 heavy (non-hydrogen) atoms. The van der Waals surface area contributed by atoms with E-state index in [0.29, 0.717) is 5.92 Å². The van der Waals surface area contributed by atoms with Crippen LogP contribution < -0.4 is 0 Å². The first kappa shape index (κ1) is 11.8. The zero-order valence-corrected chi connectivity index (χ0v) is 10.0. The monoisotopic (exact) mass is 204 g/mol. The molecule has 1 N–H and O–H groups in total. The van der Waals surface area contributed by atoms with Crippen LogP contribution in [-0.2, 0) is 0 Å². The highest BCUT2D eigenvalue weighted by Crippen LogP contribution is 2.16. The second-order valence-corrected chi connectivity index (χ2v) is 3.82. The fourth-order valence-corrected chi connectivity index (χ4v) is 1.37. The van der Waals surface area contributed by atoms with Crippen LogP contribution in [0.1, 0.15) is 39.8 Å². The molecule has 0 saturated carbocycles. The summed E-state index contributed by atoms with van der Waals surface area (Å²) >= 11 is 0. The van der Waals surface area contributed by atoms with Crippen LogP contribution in [0.15, 0.2) is 29.4 Å². The minimum atomic E-state index is 0.551. The van der Waals surface area contributed by atoms with Gasteiger partial charge >= 0.3 is 0 Å². The molecule has 82 valence electrons. The first-order valence-corrected chi connectivity index (χ1v) is 5.54. The standard InChI is InChI=1S/C13H20N2/c1-5-10(3)11(4)15-12(6-2)13-8-7-9-14-13/h6-10,14H,5H2,1-4H3. The third-order valence-electron chi connectivity index (χ3n) is 2.77. The third-order valence-corrected chi connectivity index (χ3v) is 2.77. The maximum absolute atomic E-state index is 4.65. The average Bonchev–Trinajstić information content (AvgIpc) is 2.77. The van der Waals surface area contributed by atoms with Crippen LogP contribution in [0.2, 0.25) is 0 Å².